The van der Waals surface area contributed by atoms with Gasteiger partial charge < -0.3 is 5.32 Å². The van der Waals surface area contributed by atoms with Gasteiger partial charge >= 0.3 is 0 Å². The Labute approximate surface area is 96.1 Å². The molecule has 86 valence electrons. The lowest BCUT2D eigenvalue weighted by Crippen LogP contribution is -2.16. The highest BCUT2D eigenvalue weighted by atomic mass is 19.1. The van der Waals surface area contributed by atoms with E-state index in [1.54, 1.807) is 12.1 Å². The molecule has 0 aliphatic rings. The zero-order chi connectivity index (χ0) is 12.0. The second kappa shape index (κ2) is 6.12. The minimum Gasteiger partial charge on any atom is -0.381 e. The third-order valence-corrected chi connectivity index (χ3v) is 2.52. The number of nitriles is 1. The summed E-state index contributed by atoms with van der Waals surface area (Å²) < 4.78 is 13.3. The standard InChI is InChI=1S/C13H17FN2/c1-3-4-6-10(2)16-13-8-5-7-12(14)11(13)9-15/h5,7-8,10,16H,3-4,6H2,1-2H3. The van der Waals surface area contributed by atoms with E-state index in [0.29, 0.717) is 5.69 Å². The summed E-state index contributed by atoms with van der Waals surface area (Å²) in [6.45, 7) is 4.18. The molecular formula is C13H17FN2. The molecule has 3 heteroatoms. The largest absolute Gasteiger partial charge is 0.381 e. The van der Waals surface area contributed by atoms with E-state index >= 15 is 0 Å². The van der Waals surface area contributed by atoms with Crippen molar-refractivity contribution in [1.29, 1.82) is 5.26 Å². The smallest absolute Gasteiger partial charge is 0.143 e. The van der Waals surface area contributed by atoms with Crippen molar-refractivity contribution in [2.45, 2.75) is 39.2 Å². The van der Waals surface area contributed by atoms with E-state index in [1.807, 2.05) is 13.0 Å². The monoisotopic (exact) mass is 220 g/mol. The molecule has 16 heavy (non-hydrogen) atoms. The molecule has 0 saturated carbocycles. The van der Waals surface area contributed by atoms with Crippen LogP contribution in [0.3, 0.4) is 0 Å². The summed E-state index contributed by atoms with van der Waals surface area (Å²) in [5.41, 5.74) is 0.692. The second-order valence-electron chi connectivity index (χ2n) is 3.96. The first-order valence-corrected chi connectivity index (χ1v) is 5.64. The van der Waals surface area contributed by atoms with Crippen molar-refractivity contribution in [3.63, 3.8) is 0 Å². The number of hydrogen-bond donors (Lipinski definition) is 1. The molecule has 0 heterocycles. The quantitative estimate of drug-likeness (QED) is 0.821. The molecule has 1 atom stereocenters. The van der Waals surface area contributed by atoms with E-state index in [2.05, 4.69) is 12.2 Å². The molecule has 0 amide bonds. The highest BCUT2D eigenvalue weighted by molar-refractivity contribution is 5.58. The lowest BCUT2D eigenvalue weighted by molar-refractivity contribution is 0.620. The van der Waals surface area contributed by atoms with E-state index in [-0.39, 0.29) is 11.6 Å². The van der Waals surface area contributed by atoms with E-state index < -0.39 is 5.82 Å². The predicted octanol–water partition coefficient (Wildman–Crippen LogP) is 3.69. The number of hydrogen-bond acceptors (Lipinski definition) is 2. The van der Waals surface area contributed by atoms with Crippen molar-refractivity contribution >= 4 is 5.69 Å². The topological polar surface area (TPSA) is 35.8 Å². The van der Waals surface area contributed by atoms with Crippen LogP contribution in [-0.4, -0.2) is 6.04 Å². The van der Waals surface area contributed by atoms with Gasteiger partial charge in [-0.25, -0.2) is 4.39 Å². The van der Waals surface area contributed by atoms with Gasteiger partial charge in [0.1, 0.15) is 17.4 Å². The number of nitrogens with zero attached hydrogens (tertiary/aromatic N) is 1. The van der Waals surface area contributed by atoms with Crippen LogP contribution in [0.25, 0.3) is 0 Å². The Morgan fingerprint density at radius 2 is 2.25 bits per heavy atom. The van der Waals surface area contributed by atoms with Crippen molar-refractivity contribution < 1.29 is 4.39 Å². The summed E-state index contributed by atoms with van der Waals surface area (Å²) in [4.78, 5) is 0. The molecule has 0 aromatic heterocycles. The van der Waals surface area contributed by atoms with Crippen LogP contribution in [0.5, 0.6) is 0 Å². The number of nitrogens with one attached hydrogen (secondary N) is 1. The zero-order valence-electron chi connectivity index (χ0n) is 9.76. The molecule has 0 spiro atoms. The molecule has 1 aromatic rings. The summed E-state index contributed by atoms with van der Waals surface area (Å²) in [7, 11) is 0. The SMILES string of the molecule is CCCCC(C)Nc1cccc(F)c1C#N. The van der Waals surface area contributed by atoms with E-state index in [9.17, 15) is 4.39 Å². The lowest BCUT2D eigenvalue weighted by atomic mass is 10.1. The third kappa shape index (κ3) is 3.23. The zero-order valence-corrected chi connectivity index (χ0v) is 9.76. The van der Waals surface area contributed by atoms with Crippen LogP contribution < -0.4 is 5.32 Å². The van der Waals surface area contributed by atoms with Gasteiger partial charge in [0, 0.05) is 6.04 Å². The molecule has 1 aromatic carbocycles. The highest BCUT2D eigenvalue weighted by Gasteiger charge is 2.09. The molecule has 0 fully saturated rings. The Morgan fingerprint density at radius 3 is 2.88 bits per heavy atom. The van der Waals surface area contributed by atoms with Crippen LogP contribution in [0.15, 0.2) is 18.2 Å². The maximum Gasteiger partial charge on any atom is 0.143 e. The lowest BCUT2D eigenvalue weighted by Gasteiger charge is -2.15. The number of anilines is 1. The summed E-state index contributed by atoms with van der Waals surface area (Å²) in [5.74, 6) is -0.463. The number of benzene rings is 1. The fourth-order valence-corrected chi connectivity index (χ4v) is 1.61. The van der Waals surface area contributed by atoms with Gasteiger partial charge in [-0.2, -0.15) is 5.26 Å². The number of rotatable bonds is 5. The molecule has 0 radical (unpaired) electrons. The van der Waals surface area contributed by atoms with E-state index in [1.165, 1.54) is 6.07 Å². The summed E-state index contributed by atoms with van der Waals surface area (Å²) >= 11 is 0. The van der Waals surface area contributed by atoms with Crippen LogP contribution in [0.1, 0.15) is 38.7 Å². The Balaban J connectivity index is 2.74. The molecule has 0 aliphatic carbocycles. The Kier molecular flexibility index (Phi) is 4.78. The van der Waals surface area contributed by atoms with Crippen molar-refractivity contribution in [3.05, 3.63) is 29.6 Å². The predicted molar refractivity (Wildman–Crippen MR) is 63.7 cm³/mol. The highest BCUT2D eigenvalue weighted by Crippen LogP contribution is 2.19. The molecule has 0 aliphatic heterocycles. The van der Waals surface area contributed by atoms with Gasteiger partial charge in [-0.05, 0) is 25.5 Å². The van der Waals surface area contributed by atoms with Crippen molar-refractivity contribution in [2.24, 2.45) is 0 Å². The van der Waals surface area contributed by atoms with Gasteiger partial charge in [-0.3, -0.25) is 0 Å². The molecule has 1 N–H and O–H groups in total. The van der Waals surface area contributed by atoms with Crippen molar-refractivity contribution in [3.8, 4) is 6.07 Å². The van der Waals surface area contributed by atoms with Gasteiger partial charge in [0.2, 0.25) is 0 Å². The first-order chi connectivity index (χ1) is 7.69. The number of unbranched alkanes of at least 4 members (excludes halogenated alkanes) is 1. The Morgan fingerprint density at radius 1 is 1.50 bits per heavy atom. The van der Waals surface area contributed by atoms with Crippen LogP contribution >= 0.6 is 0 Å². The van der Waals surface area contributed by atoms with Gasteiger partial charge in [0.05, 0.1) is 5.69 Å². The van der Waals surface area contributed by atoms with Crippen LogP contribution in [-0.2, 0) is 0 Å². The van der Waals surface area contributed by atoms with Gasteiger partial charge in [0.25, 0.3) is 0 Å². The van der Waals surface area contributed by atoms with Crippen molar-refractivity contribution in [2.75, 3.05) is 5.32 Å². The molecule has 0 bridgehead atoms. The van der Waals surface area contributed by atoms with Gasteiger partial charge in [-0.15, -0.1) is 0 Å². The summed E-state index contributed by atoms with van der Waals surface area (Å²) in [6, 6.07) is 6.81. The van der Waals surface area contributed by atoms with Crippen LogP contribution in [0.2, 0.25) is 0 Å². The molecule has 1 rings (SSSR count). The van der Waals surface area contributed by atoms with Gasteiger partial charge in [0.15, 0.2) is 0 Å². The first kappa shape index (κ1) is 12.5. The fraction of sp³-hybridized carbons (Fsp3) is 0.462. The minimum absolute atomic E-state index is 0.103. The van der Waals surface area contributed by atoms with Crippen LogP contribution in [0, 0.1) is 17.1 Å². The Bertz CT molecular complexity index is 382. The maximum atomic E-state index is 13.3. The van der Waals surface area contributed by atoms with Gasteiger partial charge in [-0.1, -0.05) is 25.8 Å². The summed E-state index contributed by atoms with van der Waals surface area (Å²) in [6.07, 6.45) is 3.30. The van der Waals surface area contributed by atoms with E-state index in [4.69, 9.17) is 5.26 Å². The first-order valence-electron chi connectivity index (χ1n) is 5.64. The van der Waals surface area contributed by atoms with E-state index in [0.717, 1.165) is 19.3 Å². The van der Waals surface area contributed by atoms with Crippen LogP contribution in [0.4, 0.5) is 10.1 Å². The third-order valence-electron chi connectivity index (χ3n) is 2.52. The second-order valence-corrected chi connectivity index (χ2v) is 3.96. The average molecular weight is 220 g/mol. The molecular weight excluding hydrogens is 203 g/mol. The minimum atomic E-state index is -0.463. The summed E-state index contributed by atoms with van der Waals surface area (Å²) in [5, 5.41) is 12.0. The fourth-order valence-electron chi connectivity index (χ4n) is 1.61. The van der Waals surface area contributed by atoms with Crippen molar-refractivity contribution in [1.82, 2.24) is 0 Å². The molecule has 2 nitrogen and oxygen atoms in total. The maximum absolute atomic E-state index is 13.3. The molecule has 0 saturated heterocycles. The number of halogens is 1. The molecule has 1 unspecified atom stereocenters. The normalized spacial score (nSPS) is 11.9. The Hall–Kier alpha value is -1.56. The average Bonchev–Trinajstić information content (AvgIpc) is 2.27.